The SMILES string of the molecule is CCCCCO/N=C(\C)c1ccc(-c2noc([C@@H]3CCNC3)n2)cc1. The van der Waals surface area contributed by atoms with E-state index in [0.29, 0.717) is 18.3 Å². The van der Waals surface area contributed by atoms with Gasteiger partial charge in [-0.25, -0.2) is 0 Å². The number of hydrogen-bond donors (Lipinski definition) is 1. The van der Waals surface area contributed by atoms with Crippen LogP contribution in [0.4, 0.5) is 0 Å². The molecule has 0 aliphatic carbocycles. The summed E-state index contributed by atoms with van der Waals surface area (Å²) in [4.78, 5) is 9.91. The van der Waals surface area contributed by atoms with Crippen LogP contribution in [-0.4, -0.2) is 35.5 Å². The molecule has 6 heteroatoms. The first-order valence-electron chi connectivity index (χ1n) is 9.09. The van der Waals surface area contributed by atoms with E-state index in [-0.39, 0.29) is 0 Å². The van der Waals surface area contributed by atoms with Gasteiger partial charge in [0.25, 0.3) is 0 Å². The van der Waals surface area contributed by atoms with Gasteiger partial charge < -0.3 is 14.7 Å². The standard InChI is InChI=1S/C19H26N4O2/c1-3-4-5-12-24-22-14(2)15-6-8-16(9-7-15)18-21-19(25-23-18)17-10-11-20-13-17/h6-9,17,20H,3-5,10-13H2,1-2H3/b22-14+/t17-/m1/s1. The average molecular weight is 342 g/mol. The van der Waals surface area contributed by atoms with Crippen LogP contribution < -0.4 is 5.32 Å². The largest absolute Gasteiger partial charge is 0.396 e. The van der Waals surface area contributed by atoms with Gasteiger partial charge in [-0.2, -0.15) is 4.98 Å². The zero-order valence-electron chi connectivity index (χ0n) is 15.0. The van der Waals surface area contributed by atoms with Crippen molar-refractivity contribution in [2.45, 2.75) is 45.4 Å². The highest BCUT2D eigenvalue weighted by atomic mass is 16.6. The number of unbranched alkanes of at least 4 members (excludes halogenated alkanes) is 2. The highest BCUT2D eigenvalue weighted by molar-refractivity contribution is 5.98. The molecule has 1 aromatic heterocycles. The van der Waals surface area contributed by atoms with Gasteiger partial charge in [0.1, 0.15) is 6.61 Å². The molecule has 2 aromatic rings. The molecular formula is C19H26N4O2. The van der Waals surface area contributed by atoms with Gasteiger partial charge in [-0.1, -0.05) is 54.3 Å². The number of aromatic nitrogens is 2. The highest BCUT2D eigenvalue weighted by Crippen LogP contribution is 2.24. The minimum Gasteiger partial charge on any atom is -0.396 e. The molecule has 0 unspecified atom stereocenters. The van der Waals surface area contributed by atoms with E-state index >= 15 is 0 Å². The molecule has 25 heavy (non-hydrogen) atoms. The van der Waals surface area contributed by atoms with Gasteiger partial charge in [-0.15, -0.1) is 0 Å². The summed E-state index contributed by atoms with van der Waals surface area (Å²) >= 11 is 0. The second kappa shape index (κ2) is 8.76. The summed E-state index contributed by atoms with van der Waals surface area (Å²) in [7, 11) is 0. The quantitative estimate of drug-likeness (QED) is 0.449. The molecule has 0 radical (unpaired) electrons. The van der Waals surface area contributed by atoms with Crippen LogP contribution in [-0.2, 0) is 4.84 Å². The van der Waals surface area contributed by atoms with Gasteiger partial charge in [0.15, 0.2) is 0 Å². The maximum Gasteiger partial charge on any atom is 0.231 e. The smallest absolute Gasteiger partial charge is 0.231 e. The van der Waals surface area contributed by atoms with Crippen LogP contribution in [0.1, 0.15) is 56.9 Å². The molecule has 1 aromatic carbocycles. The number of oxime groups is 1. The van der Waals surface area contributed by atoms with Crippen LogP contribution in [0, 0.1) is 0 Å². The van der Waals surface area contributed by atoms with Crippen molar-refractivity contribution < 1.29 is 9.36 Å². The van der Waals surface area contributed by atoms with Crippen molar-refractivity contribution in [3.63, 3.8) is 0 Å². The summed E-state index contributed by atoms with van der Waals surface area (Å²) in [6.07, 6.45) is 4.45. The van der Waals surface area contributed by atoms with E-state index in [1.54, 1.807) is 0 Å². The zero-order valence-corrected chi connectivity index (χ0v) is 15.0. The molecule has 0 spiro atoms. The van der Waals surface area contributed by atoms with Crippen molar-refractivity contribution in [1.82, 2.24) is 15.5 Å². The fourth-order valence-electron chi connectivity index (χ4n) is 2.86. The second-order valence-corrected chi connectivity index (χ2v) is 6.44. The number of benzene rings is 1. The molecule has 1 atom stereocenters. The number of nitrogens with one attached hydrogen (secondary N) is 1. The Morgan fingerprint density at radius 3 is 2.88 bits per heavy atom. The first kappa shape index (κ1) is 17.6. The molecule has 0 saturated carbocycles. The summed E-state index contributed by atoms with van der Waals surface area (Å²) in [5.41, 5.74) is 2.85. The molecule has 134 valence electrons. The van der Waals surface area contributed by atoms with Crippen molar-refractivity contribution >= 4 is 5.71 Å². The molecular weight excluding hydrogens is 316 g/mol. The number of nitrogens with zero attached hydrogens (tertiary/aromatic N) is 3. The maximum atomic E-state index is 5.42. The fourth-order valence-corrected chi connectivity index (χ4v) is 2.86. The minimum absolute atomic E-state index is 0.333. The lowest BCUT2D eigenvalue weighted by molar-refractivity contribution is 0.140. The van der Waals surface area contributed by atoms with Crippen molar-refractivity contribution in [3.05, 3.63) is 35.7 Å². The number of rotatable bonds is 8. The fraction of sp³-hybridized carbons (Fsp3) is 0.526. The molecule has 2 heterocycles. The van der Waals surface area contributed by atoms with Crippen LogP contribution in [0.25, 0.3) is 11.4 Å². The van der Waals surface area contributed by atoms with Crippen LogP contribution in [0.3, 0.4) is 0 Å². The van der Waals surface area contributed by atoms with E-state index in [0.717, 1.165) is 48.7 Å². The van der Waals surface area contributed by atoms with Crippen molar-refractivity contribution in [3.8, 4) is 11.4 Å². The molecule has 1 N–H and O–H groups in total. The monoisotopic (exact) mass is 342 g/mol. The lowest BCUT2D eigenvalue weighted by Crippen LogP contribution is -2.08. The molecule has 6 nitrogen and oxygen atoms in total. The predicted octanol–water partition coefficient (Wildman–Crippen LogP) is 3.74. The molecule has 0 bridgehead atoms. The molecule has 3 rings (SSSR count). The van der Waals surface area contributed by atoms with E-state index < -0.39 is 0 Å². The Kier molecular flexibility index (Phi) is 6.17. The third-order valence-corrected chi connectivity index (χ3v) is 4.45. The average Bonchev–Trinajstić information content (AvgIpc) is 3.33. The lowest BCUT2D eigenvalue weighted by Gasteiger charge is -2.03. The molecule has 1 fully saturated rings. The normalized spacial score (nSPS) is 17.8. The summed E-state index contributed by atoms with van der Waals surface area (Å²) < 4.78 is 5.42. The van der Waals surface area contributed by atoms with Gasteiger partial charge in [-0.3, -0.25) is 0 Å². The summed E-state index contributed by atoms with van der Waals surface area (Å²) in [5, 5.41) is 11.6. The van der Waals surface area contributed by atoms with Crippen LogP contribution in [0.2, 0.25) is 0 Å². The van der Waals surface area contributed by atoms with Gasteiger partial charge in [0.2, 0.25) is 11.7 Å². The van der Waals surface area contributed by atoms with Gasteiger partial charge in [0.05, 0.1) is 11.6 Å². The third-order valence-electron chi connectivity index (χ3n) is 4.45. The number of hydrogen-bond acceptors (Lipinski definition) is 6. The molecule has 1 aliphatic rings. The van der Waals surface area contributed by atoms with Crippen molar-refractivity contribution in [1.29, 1.82) is 0 Å². The van der Waals surface area contributed by atoms with Crippen molar-refractivity contribution in [2.24, 2.45) is 5.16 Å². The topological polar surface area (TPSA) is 72.5 Å². The van der Waals surface area contributed by atoms with E-state index in [4.69, 9.17) is 9.36 Å². The Morgan fingerprint density at radius 1 is 1.32 bits per heavy atom. The first-order chi connectivity index (χ1) is 12.3. The third kappa shape index (κ3) is 4.66. The molecule has 1 aliphatic heterocycles. The van der Waals surface area contributed by atoms with Gasteiger partial charge >= 0.3 is 0 Å². The minimum atomic E-state index is 0.333. The Morgan fingerprint density at radius 2 is 2.16 bits per heavy atom. The van der Waals surface area contributed by atoms with E-state index in [2.05, 4.69) is 27.5 Å². The Balaban J connectivity index is 1.60. The summed E-state index contributed by atoms with van der Waals surface area (Å²) in [5.74, 6) is 1.70. The Labute approximate surface area is 148 Å². The first-order valence-corrected chi connectivity index (χ1v) is 9.09. The summed E-state index contributed by atoms with van der Waals surface area (Å²) in [6, 6.07) is 8.01. The Hall–Kier alpha value is -2.21. The van der Waals surface area contributed by atoms with Crippen LogP contribution in [0.15, 0.2) is 33.9 Å². The van der Waals surface area contributed by atoms with Gasteiger partial charge in [-0.05, 0) is 31.9 Å². The molecule has 0 amide bonds. The predicted molar refractivity (Wildman–Crippen MR) is 97.6 cm³/mol. The molecule has 1 saturated heterocycles. The van der Waals surface area contributed by atoms with Crippen LogP contribution in [0.5, 0.6) is 0 Å². The van der Waals surface area contributed by atoms with Crippen LogP contribution >= 0.6 is 0 Å². The maximum absolute atomic E-state index is 5.42. The lowest BCUT2D eigenvalue weighted by atomic mass is 10.1. The van der Waals surface area contributed by atoms with E-state index in [1.807, 2.05) is 31.2 Å². The highest BCUT2D eigenvalue weighted by Gasteiger charge is 2.23. The van der Waals surface area contributed by atoms with E-state index in [9.17, 15) is 0 Å². The summed E-state index contributed by atoms with van der Waals surface area (Å²) in [6.45, 7) is 6.72. The second-order valence-electron chi connectivity index (χ2n) is 6.44. The van der Waals surface area contributed by atoms with E-state index in [1.165, 1.54) is 12.8 Å². The zero-order chi connectivity index (χ0) is 17.5. The Bertz CT molecular complexity index is 688. The van der Waals surface area contributed by atoms with Gasteiger partial charge in [0, 0.05) is 12.1 Å². The van der Waals surface area contributed by atoms with Crippen molar-refractivity contribution in [2.75, 3.05) is 19.7 Å².